The average molecular weight is 286 g/mol. The van der Waals surface area contributed by atoms with Crippen LogP contribution < -0.4 is 9.79 Å². The maximum Gasteiger partial charge on any atom is 0.305 e. The van der Waals surface area contributed by atoms with Gasteiger partial charge in [-0.2, -0.15) is 0 Å². The third-order valence-electron chi connectivity index (χ3n) is 1.86. The van der Waals surface area contributed by atoms with Crippen LogP contribution in [-0.2, 0) is 0 Å². The van der Waals surface area contributed by atoms with Crippen LogP contribution in [0, 0.1) is 10.1 Å². The van der Waals surface area contributed by atoms with E-state index in [0.717, 1.165) is 0 Å². The maximum atomic E-state index is 11.0. The molecule has 8 heteroatoms. The number of benzene rings is 1. The number of hydrogen-bond donors (Lipinski definition) is 0. The van der Waals surface area contributed by atoms with Crippen LogP contribution in [0.5, 0.6) is 5.95 Å². The van der Waals surface area contributed by atoms with Gasteiger partial charge in [0.2, 0.25) is 5.69 Å². The van der Waals surface area contributed by atoms with Gasteiger partial charge in [0, 0.05) is 40.2 Å². The molecule has 7 nitrogen and oxygen atoms in total. The summed E-state index contributed by atoms with van der Waals surface area (Å²) in [6.45, 7) is 0. The van der Waals surface area contributed by atoms with E-state index in [2.05, 4.69) is 25.7 Å². The quantitative estimate of drug-likeness (QED) is 0.460. The maximum absolute atomic E-state index is 11.0. The first-order chi connectivity index (χ1) is 7.59. The summed E-state index contributed by atoms with van der Waals surface area (Å²) < 4.78 is 5.73. The molecule has 0 unspecified atom stereocenters. The fraction of sp³-hybridized carbons (Fsp3) is 0. The third kappa shape index (κ3) is 1.74. The van der Waals surface area contributed by atoms with Crippen LogP contribution in [0.2, 0.25) is 0 Å². The van der Waals surface area contributed by atoms with Crippen molar-refractivity contribution in [3.8, 4) is 11.6 Å². The summed E-state index contributed by atoms with van der Waals surface area (Å²) in [7, 11) is 0. The topological polar surface area (TPSA) is 96.1 Å². The molecule has 0 spiro atoms. The second kappa shape index (κ2) is 3.89. The Bertz CT molecular complexity index is 537. The Morgan fingerprint density at radius 3 is 2.44 bits per heavy atom. The highest BCUT2D eigenvalue weighted by atomic mass is 79.9. The third-order valence-corrected chi connectivity index (χ3v) is 2.52. The van der Waals surface area contributed by atoms with E-state index in [1.54, 1.807) is 0 Å². The van der Waals surface area contributed by atoms with Gasteiger partial charge < -0.3 is 9.63 Å². The van der Waals surface area contributed by atoms with Gasteiger partial charge in [0.1, 0.15) is 0 Å². The Hall–Kier alpha value is -1.96. The average Bonchev–Trinajstić information content (AvgIpc) is 2.60. The molecular weight excluding hydrogens is 282 g/mol. The predicted octanol–water partition coefficient (Wildman–Crippen LogP) is 0.696. The lowest BCUT2D eigenvalue weighted by atomic mass is 10.3. The summed E-state index contributed by atoms with van der Waals surface area (Å²) in [5.41, 5.74) is 0.453. The SMILES string of the molecule is O=[N+]([O-])c1ccc(-[n+]2noc([O-])c2Br)cc1. The molecular formula is C8H4BrN3O4. The van der Waals surface area contributed by atoms with E-state index in [1.165, 1.54) is 28.9 Å². The predicted molar refractivity (Wildman–Crippen MR) is 51.8 cm³/mol. The summed E-state index contributed by atoms with van der Waals surface area (Å²) in [6.07, 6.45) is 0. The highest BCUT2D eigenvalue weighted by Crippen LogP contribution is 2.18. The van der Waals surface area contributed by atoms with Gasteiger partial charge in [-0.3, -0.25) is 10.1 Å². The monoisotopic (exact) mass is 285 g/mol. The van der Waals surface area contributed by atoms with Crippen molar-refractivity contribution in [3.05, 3.63) is 39.0 Å². The Balaban J connectivity index is 2.42. The number of nitro groups is 1. The highest BCUT2D eigenvalue weighted by molar-refractivity contribution is 9.10. The molecule has 2 rings (SSSR count). The molecule has 0 amide bonds. The Morgan fingerprint density at radius 2 is 2.00 bits per heavy atom. The van der Waals surface area contributed by atoms with Gasteiger partial charge in [0.25, 0.3) is 5.69 Å². The normalized spacial score (nSPS) is 10.3. The molecule has 16 heavy (non-hydrogen) atoms. The van der Waals surface area contributed by atoms with Crippen molar-refractivity contribution in [2.24, 2.45) is 0 Å². The standard InChI is InChI=1S/C8H4BrN3O4/c9-7-8(13)16-10-11(7)5-1-3-6(4-2-5)12(14)15/h1-4H. The van der Waals surface area contributed by atoms with Crippen LogP contribution in [0.15, 0.2) is 33.4 Å². The lowest BCUT2D eigenvalue weighted by molar-refractivity contribution is -0.680. The zero-order valence-electron chi connectivity index (χ0n) is 7.66. The second-order valence-corrected chi connectivity index (χ2v) is 3.59. The molecule has 1 aromatic heterocycles. The molecule has 0 aliphatic rings. The van der Waals surface area contributed by atoms with E-state index in [0.29, 0.717) is 5.69 Å². The van der Waals surface area contributed by atoms with Gasteiger partial charge in [0.05, 0.1) is 10.2 Å². The minimum atomic E-state index is -0.613. The van der Waals surface area contributed by atoms with Crippen molar-refractivity contribution in [1.29, 1.82) is 0 Å². The largest absolute Gasteiger partial charge is 0.538 e. The number of halogens is 1. The molecule has 82 valence electrons. The number of nitro benzene ring substituents is 1. The number of hydrogen-bond acceptors (Lipinski definition) is 5. The molecule has 1 heterocycles. The molecule has 0 atom stereocenters. The Morgan fingerprint density at radius 1 is 1.38 bits per heavy atom. The van der Waals surface area contributed by atoms with Crippen LogP contribution in [-0.4, -0.2) is 10.2 Å². The minimum absolute atomic E-state index is 0.0358. The zero-order valence-corrected chi connectivity index (χ0v) is 9.25. The Kier molecular flexibility index (Phi) is 2.57. The highest BCUT2D eigenvalue weighted by Gasteiger charge is 2.18. The van der Waals surface area contributed by atoms with Crippen molar-refractivity contribution in [3.63, 3.8) is 0 Å². The van der Waals surface area contributed by atoms with Gasteiger partial charge in [0.15, 0.2) is 5.95 Å². The molecule has 0 saturated carbocycles. The van der Waals surface area contributed by atoms with Crippen molar-refractivity contribution < 1.29 is 19.2 Å². The number of nitrogens with zero attached hydrogens (tertiary/aromatic N) is 3. The first-order valence-electron chi connectivity index (χ1n) is 4.09. The van der Waals surface area contributed by atoms with Gasteiger partial charge in [-0.1, -0.05) is 0 Å². The van der Waals surface area contributed by atoms with E-state index in [-0.39, 0.29) is 10.3 Å². The number of non-ortho nitro benzene ring substituents is 1. The fourth-order valence-electron chi connectivity index (χ4n) is 1.11. The molecule has 0 fully saturated rings. The van der Waals surface area contributed by atoms with Crippen LogP contribution in [0.25, 0.3) is 5.69 Å². The van der Waals surface area contributed by atoms with Gasteiger partial charge in [-0.05, 0) is 4.68 Å². The molecule has 2 aromatic rings. The minimum Gasteiger partial charge on any atom is -0.538 e. The smallest absolute Gasteiger partial charge is 0.305 e. The van der Waals surface area contributed by atoms with Crippen molar-refractivity contribution in [2.45, 2.75) is 0 Å². The summed E-state index contributed by atoms with van der Waals surface area (Å²) in [5.74, 6) is -0.613. The van der Waals surface area contributed by atoms with Crippen LogP contribution >= 0.6 is 15.9 Å². The summed E-state index contributed by atoms with van der Waals surface area (Å²) in [5, 5.41) is 24.9. The van der Waals surface area contributed by atoms with E-state index in [1.807, 2.05) is 0 Å². The number of rotatable bonds is 2. The van der Waals surface area contributed by atoms with Crippen molar-refractivity contribution >= 4 is 21.6 Å². The van der Waals surface area contributed by atoms with Crippen LogP contribution in [0.3, 0.4) is 0 Å². The first-order valence-corrected chi connectivity index (χ1v) is 4.88. The van der Waals surface area contributed by atoms with Gasteiger partial charge >= 0.3 is 4.60 Å². The zero-order chi connectivity index (χ0) is 11.7. The Labute approximate surface area is 97.2 Å². The lowest BCUT2D eigenvalue weighted by Gasteiger charge is -1.91. The molecule has 0 aliphatic carbocycles. The van der Waals surface area contributed by atoms with Crippen LogP contribution in [0.4, 0.5) is 5.69 Å². The summed E-state index contributed by atoms with van der Waals surface area (Å²) in [4.78, 5) is 9.92. The van der Waals surface area contributed by atoms with Crippen LogP contribution in [0.1, 0.15) is 0 Å². The lowest BCUT2D eigenvalue weighted by Crippen LogP contribution is -2.33. The summed E-state index contributed by atoms with van der Waals surface area (Å²) in [6, 6.07) is 5.55. The first kappa shape index (κ1) is 10.6. The molecule has 0 aliphatic heterocycles. The number of aromatic nitrogens is 2. The van der Waals surface area contributed by atoms with E-state index in [4.69, 9.17) is 0 Å². The van der Waals surface area contributed by atoms with Gasteiger partial charge in [-0.15, -0.1) is 0 Å². The molecule has 0 saturated heterocycles. The fourth-order valence-corrected chi connectivity index (χ4v) is 1.46. The summed E-state index contributed by atoms with van der Waals surface area (Å²) >= 11 is 2.99. The van der Waals surface area contributed by atoms with Crippen molar-refractivity contribution in [1.82, 2.24) is 5.27 Å². The second-order valence-electron chi connectivity index (χ2n) is 2.84. The van der Waals surface area contributed by atoms with Crippen molar-refractivity contribution in [2.75, 3.05) is 0 Å². The van der Waals surface area contributed by atoms with E-state index >= 15 is 0 Å². The molecule has 0 bridgehead atoms. The van der Waals surface area contributed by atoms with Gasteiger partial charge in [-0.25, -0.2) is 0 Å². The molecule has 0 N–H and O–H groups in total. The molecule has 1 aromatic carbocycles. The van der Waals surface area contributed by atoms with E-state index < -0.39 is 10.9 Å². The van der Waals surface area contributed by atoms with E-state index in [9.17, 15) is 15.2 Å². The molecule has 0 radical (unpaired) electrons.